The lowest BCUT2D eigenvalue weighted by molar-refractivity contribution is -0.118. The zero-order valence-corrected chi connectivity index (χ0v) is 15.5. The number of carbonyl (C=O) groups is 1. The Hall–Kier alpha value is -2.64. The van der Waals surface area contributed by atoms with Crippen molar-refractivity contribution in [2.45, 2.75) is 13.8 Å². The smallest absolute Gasteiger partial charge is 0.262 e. The van der Waals surface area contributed by atoms with E-state index in [-0.39, 0.29) is 12.5 Å². The van der Waals surface area contributed by atoms with Crippen molar-refractivity contribution in [1.82, 2.24) is 19.5 Å². The van der Waals surface area contributed by atoms with Gasteiger partial charge in [0.25, 0.3) is 5.91 Å². The maximum Gasteiger partial charge on any atom is 0.262 e. The van der Waals surface area contributed by atoms with Crippen LogP contribution in [0.1, 0.15) is 11.4 Å². The highest BCUT2D eigenvalue weighted by Gasteiger charge is 2.09. The van der Waals surface area contributed by atoms with E-state index in [0.717, 1.165) is 11.4 Å². The lowest BCUT2D eigenvalue weighted by atomic mass is 10.3. The Kier molecular flexibility index (Phi) is 5.39. The molecule has 0 radical (unpaired) electrons. The van der Waals surface area contributed by atoms with Gasteiger partial charge in [-0.15, -0.1) is 0 Å². The summed E-state index contributed by atoms with van der Waals surface area (Å²) in [4.78, 5) is 24.7. The van der Waals surface area contributed by atoms with Gasteiger partial charge < -0.3 is 10.1 Å². The van der Waals surface area contributed by atoms with Gasteiger partial charge in [-0.05, 0) is 32.0 Å². The zero-order chi connectivity index (χ0) is 18.7. The number of carbonyl (C=O) groups excluding carboxylic acids is 1. The van der Waals surface area contributed by atoms with Crippen LogP contribution in [0.3, 0.4) is 0 Å². The van der Waals surface area contributed by atoms with Crippen LogP contribution in [0.2, 0.25) is 10.0 Å². The predicted octanol–water partition coefficient (Wildman–Crippen LogP) is 3.60. The molecule has 0 atom stereocenters. The number of amides is 1. The first kappa shape index (κ1) is 18.2. The summed E-state index contributed by atoms with van der Waals surface area (Å²) in [6, 6.07) is 4.78. The third-order valence-electron chi connectivity index (χ3n) is 3.64. The van der Waals surface area contributed by atoms with Crippen molar-refractivity contribution in [3.63, 3.8) is 0 Å². The number of benzene rings is 1. The Bertz CT molecular complexity index is 941. The highest BCUT2D eigenvalue weighted by molar-refractivity contribution is 6.35. The molecule has 3 rings (SSSR count). The van der Waals surface area contributed by atoms with Gasteiger partial charge in [0.15, 0.2) is 6.61 Å². The van der Waals surface area contributed by atoms with Gasteiger partial charge in [-0.3, -0.25) is 9.36 Å². The van der Waals surface area contributed by atoms with Crippen LogP contribution in [-0.2, 0) is 4.79 Å². The molecule has 0 aliphatic heterocycles. The molecule has 134 valence electrons. The number of nitrogens with zero attached hydrogens (tertiary/aromatic N) is 4. The largest absolute Gasteiger partial charge is 0.482 e. The average Bonchev–Trinajstić information content (AvgIpc) is 2.94. The van der Waals surface area contributed by atoms with Crippen LogP contribution in [0, 0.1) is 13.8 Å². The summed E-state index contributed by atoms with van der Waals surface area (Å²) in [5.41, 5.74) is 2.32. The minimum Gasteiger partial charge on any atom is -0.482 e. The maximum atomic E-state index is 12.0. The molecular weight excluding hydrogens is 377 g/mol. The molecule has 9 heteroatoms. The fraction of sp³-hybridized carbons (Fsp3) is 0.176. The molecule has 0 fully saturated rings. The summed E-state index contributed by atoms with van der Waals surface area (Å²) in [6.07, 6.45) is 4.69. The third kappa shape index (κ3) is 4.12. The van der Waals surface area contributed by atoms with Gasteiger partial charge in [0, 0.05) is 10.7 Å². The predicted molar refractivity (Wildman–Crippen MR) is 99.2 cm³/mol. The first-order valence-corrected chi connectivity index (χ1v) is 8.40. The molecule has 7 nitrogen and oxygen atoms in total. The number of halogens is 2. The number of ether oxygens (including phenoxy) is 1. The number of aromatic nitrogens is 4. The van der Waals surface area contributed by atoms with E-state index in [2.05, 4.69) is 20.3 Å². The second-order valence-electron chi connectivity index (χ2n) is 5.47. The normalized spacial score (nSPS) is 10.6. The van der Waals surface area contributed by atoms with E-state index in [1.807, 2.05) is 13.8 Å². The lowest BCUT2D eigenvalue weighted by Gasteiger charge is -2.09. The molecule has 0 saturated carbocycles. The Balaban J connectivity index is 1.60. The molecule has 2 heterocycles. The summed E-state index contributed by atoms with van der Waals surface area (Å²) in [5, 5.41) is 3.49. The highest BCUT2D eigenvalue weighted by atomic mass is 35.5. The van der Waals surface area contributed by atoms with Gasteiger partial charge in [0.2, 0.25) is 5.95 Å². The van der Waals surface area contributed by atoms with Gasteiger partial charge in [0.05, 0.1) is 28.8 Å². The molecule has 0 saturated heterocycles. The maximum absolute atomic E-state index is 12.0. The van der Waals surface area contributed by atoms with E-state index in [4.69, 9.17) is 27.9 Å². The highest BCUT2D eigenvalue weighted by Crippen LogP contribution is 2.27. The van der Waals surface area contributed by atoms with Gasteiger partial charge >= 0.3 is 0 Å². The van der Waals surface area contributed by atoms with E-state index >= 15 is 0 Å². The number of imidazole rings is 1. The molecule has 1 amide bonds. The Morgan fingerprint density at radius 2 is 1.92 bits per heavy atom. The summed E-state index contributed by atoms with van der Waals surface area (Å²) in [6.45, 7) is 3.64. The minimum atomic E-state index is -0.359. The summed E-state index contributed by atoms with van der Waals surface area (Å²) in [5.74, 6) is 0.496. The van der Waals surface area contributed by atoms with E-state index in [9.17, 15) is 4.79 Å². The Labute approximate surface area is 160 Å². The molecule has 0 bridgehead atoms. The molecule has 0 aliphatic carbocycles. The zero-order valence-electron chi connectivity index (χ0n) is 14.0. The Morgan fingerprint density at radius 3 is 2.54 bits per heavy atom. The van der Waals surface area contributed by atoms with Crippen molar-refractivity contribution in [2.24, 2.45) is 0 Å². The second kappa shape index (κ2) is 7.72. The number of rotatable bonds is 5. The van der Waals surface area contributed by atoms with Crippen LogP contribution in [0.15, 0.2) is 36.9 Å². The van der Waals surface area contributed by atoms with Gasteiger partial charge in [-0.1, -0.05) is 23.2 Å². The molecule has 0 spiro atoms. The molecular formula is C17H15Cl2N5O2. The van der Waals surface area contributed by atoms with Crippen LogP contribution in [0.25, 0.3) is 5.95 Å². The number of anilines is 1. The fourth-order valence-corrected chi connectivity index (χ4v) is 2.61. The monoisotopic (exact) mass is 391 g/mol. The number of hydrogen-bond acceptors (Lipinski definition) is 5. The van der Waals surface area contributed by atoms with Crippen molar-refractivity contribution in [3.8, 4) is 11.7 Å². The van der Waals surface area contributed by atoms with Crippen molar-refractivity contribution >= 4 is 34.8 Å². The number of aryl methyl sites for hydroxylation is 1. The van der Waals surface area contributed by atoms with Crippen LogP contribution in [-0.4, -0.2) is 32.0 Å². The minimum absolute atomic E-state index is 0.205. The first-order chi connectivity index (χ1) is 12.4. The molecule has 0 aliphatic rings. The SMILES string of the molecule is Cc1ncn(-c2ncc(NC(=O)COc3ccc(Cl)cc3Cl)cn2)c1C. The van der Waals surface area contributed by atoms with Crippen molar-refractivity contribution in [3.05, 3.63) is 58.4 Å². The van der Waals surface area contributed by atoms with Crippen molar-refractivity contribution in [1.29, 1.82) is 0 Å². The van der Waals surface area contributed by atoms with Gasteiger partial charge in [-0.2, -0.15) is 0 Å². The molecule has 1 aromatic carbocycles. The van der Waals surface area contributed by atoms with Crippen molar-refractivity contribution in [2.75, 3.05) is 11.9 Å². The van der Waals surface area contributed by atoms with Crippen molar-refractivity contribution < 1.29 is 9.53 Å². The number of nitrogens with one attached hydrogen (secondary N) is 1. The van der Waals surface area contributed by atoms with Crippen LogP contribution < -0.4 is 10.1 Å². The fourth-order valence-electron chi connectivity index (χ4n) is 2.14. The molecule has 26 heavy (non-hydrogen) atoms. The summed E-state index contributed by atoms with van der Waals surface area (Å²) in [7, 11) is 0. The summed E-state index contributed by atoms with van der Waals surface area (Å²) < 4.78 is 7.15. The van der Waals surface area contributed by atoms with Crippen LogP contribution >= 0.6 is 23.2 Å². The van der Waals surface area contributed by atoms with E-state index in [1.165, 1.54) is 12.4 Å². The van der Waals surface area contributed by atoms with Gasteiger partial charge in [0.1, 0.15) is 12.1 Å². The summed E-state index contributed by atoms with van der Waals surface area (Å²) >= 11 is 11.8. The van der Waals surface area contributed by atoms with E-state index in [1.54, 1.807) is 29.1 Å². The molecule has 1 N–H and O–H groups in total. The van der Waals surface area contributed by atoms with Crippen LogP contribution in [0.4, 0.5) is 5.69 Å². The van der Waals surface area contributed by atoms with Crippen LogP contribution in [0.5, 0.6) is 5.75 Å². The lowest BCUT2D eigenvalue weighted by Crippen LogP contribution is -2.20. The van der Waals surface area contributed by atoms with E-state index < -0.39 is 0 Å². The van der Waals surface area contributed by atoms with Gasteiger partial charge in [-0.25, -0.2) is 15.0 Å². The Morgan fingerprint density at radius 1 is 1.19 bits per heavy atom. The second-order valence-corrected chi connectivity index (χ2v) is 6.31. The molecule has 3 aromatic rings. The average molecular weight is 392 g/mol. The first-order valence-electron chi connectivity index (χ1n) is 7.64. The molecule has 2 aromatic heterocycles. The standard InChI is InChI=1S/C17H15Cl2N5O2/c1-10-11(2)24(9-22-10)17-20-6-13(7-21-17)23-16(25)8-26-15-4-3-12(18)5-14(15)19/h3-7,9H,8H2,1-2H3,(H,23,25). The molecule has 0 unspecified atom stereocenters. The quantitative estimate of drug-likeness (QED) is 0.718. The topological polar surface area (TPSA) is 81.9 Å². The van der Waals surface area contributed by atoms with E-state index in [0.29, 0.717) is 27.4 Å². The third-order valence-corrected chi connectivity index (χ3v) is 4.17. The number of hydrogen-bond donors (Lipinski definition) is 1.